The second-order valence-corrected chi connectivity index (χ2v) is 6.58. The minimum atomic E-state index is -1.03. The molecule has 0 aromatic heterocycles. The molecule has 7 nitrogen and oxygen atoms in total. The van der Waals surface area contributed by atoms with Crippen LogP contribution in [0.25, 0.3) is 0 Å². The number of allylic oxidation sites excluding steroid dienone is 2. The van der Waals surface area contributed by atoms with Crippen molar-refractivity contribution < 1.29 is 24.2 Å². The molecule has 8 heteroatoms. The number of benzene rings is 1. The second-order valence-electron chi connectivity index (χ2n) is 6.14. The fraction of sp³-hybridized carbons (Fsp3) is 0.389. The molecule has 0 heterocycles. The van der Waals surface area contributed by atoms with Crippen molar-refractivity contribution in [2.45, 2.75) is 32.8 Å². The monoisotopic (exact) mass is 380 g/mol. The summed E-state index contributed by atoms with van der Waals surface area (Å²) in [6.07, 6.45) is 3.24. The number of aliphatic carboxylic acids is 1. The molecule has 0 fully saturated rings. The summed E-state index contributed by atoms with van der Waals surface area (Å²) < 4.78 is 5.57. The van der Waals surface area contributed by atoms with Crippen LogP contribution in [-0.4, -0.2) is 29.0 Å². The lowest BCUT2D eigenvalue weighted by molar-refractivity contribution is -0.147. The summed E-state index contributed by atoms with van der Waals surface area (Å²) in [5, 5.41) is 9.77. The molecular formula is C18H21ClN2O5. The number of carboxylic acids is 1. The molecule has 26 heavy (non-hydrogen) atoms. The van der Waals surface area contributed by atoms with Crippen LogP contribution < -0.4 is 15.6 Å². The van der Waals surface area contributed by atoms with Gasteiger partial charge in [0.2, 0.25) is 5.91 Å². The molecular weight excluding hydrogens is 360 g/mol. The Bertz CT molecular complexity index is 734. The first-order valence-electron chi connectivity index (χ1n) is 8.20. The van der Waals surface area contributed by atoms with Crippen LogP contribution in [0, 0.1) is 18.8 Å². The molecule has 0 unspecified atom stereocenters. The first kappa shape index (κ1) is 19.8. The molecule has 1 aliphatic carbocycles. The summed E-state index contributed by atoms with van der Waals surface area (Å²) in [6, 6.07) is 5.02. The number of carboxylic acid groups (broad SMARTS) is 1. The molecule has 1 aromatic rings. The van der Waals surface area contributed by atoms with Gasteiger partial charge in [0.1, 0.15) is 5.75 Å². The van der Waals surface area contributed by atoms with E-state index >= 15 is 0 Å². The Balaban J connectivity index is 1.89. The fourth-order valence-corrected chi connectivity index (χ4v) is 2.91. The third-order valence-electron chi connectivity index (χ3n) is 4.21. The quantitative estimate of drug-likeness (QED) is 0.536. The van der Waals surface area contributed by atoms with E-state index in [1.54, 1.807) is 44.2 Å². The predicted molar refractivity (Wildman–Crippen MR) is 95.6 cm³/mol. The maximum absolute atomic E-state index is 12.2. The molecule has 0 saturated heterocycles. The molecule has 1 aliphatic rings. The number of ether oxygens (including phenoxy) is 1. The van der Waals surface area contributed by atoms with Gasteiger partial charge in [0.15, 0.2) is 6.10 Å². The van der Waals surface area contributed by atoms with E-state index in [2.05, 4.69) is 10.9 Å². The number of aryl methyl sites for hydroxylation is 1. The number of rotatable bonds is 5. The van der Waals surface area contributed by atoms with Gasteiger partial charge in [-0.15, -0.1) is 0 Å². The van der Waals surface area contributed by atoms with Gasteiger partial charge in [-0.3, -0.25) is 25.2 Å². The van der Waals surface area contributed by atoms with E-state index in [1.165, 1.54) is 0 Å². The van der Waals surface area contributed by atoms with Crippen LogP contribution in [0.3, 0.4) is 0 Å². The number of nitrogens with one attached hydrogen (secondary N) is 2. The highest BCUT2D eigenvalue weighted by Crippen LogP contribution is 2.26. The highest BCUT2D eigenvalue weighted by molar-refractivity contribution is 6.30. The SMILES string of the molecule is Cc1cc(Cl)ccc1O[C@H](C)C(=O)NNC(=O)[C@@H]1CC=CC[C@H]1C(=O)O. The van der Waals surface area contributed by atoms with Crippen molar-refractivity contribution in [3.8, 4) is 5.75 Å². The number of carbonyl (C=O) groups is 3. The molecule has 140 valence electrons. The average molecular weight is 381 g/mol. The van der Waals surface area contributed by atoms with Gasteiger partial charge in [0, 0.05) is 5.02 Å². The van der Waals surface area contributed by atoms with Gasteiger partial charge in [-0.1, -0.05) is 23.8 Å². The summed E-state index contributed by atoms with van der Waals surface area (Å²) >= 11 is 5.88. The predicted octanol–water partition coefficient (Wildman–Crippen LogP) is 2.23. The van der Waals surface area contributed by atoms with E-state index in [0.29, 0.717) is 17.2 Å². The minimum absolute atomic E-state index is 0.288. The zero-order chi connectivity index (χ0) is 19.3. The number of amides is 2. The average Bonchev–Trinajstić information content (AvgIpc) is 2.61. The Labute approximate surface area is 156 Å². The highest BCUT2D eigenvalue weighted by atomic mass is 35.5. The van der Waals surface area contributed by atoms with Gasteiger partial charge >= 0.3 is 5.97 Å². The highest BCUT2D eigenvalue weighted by Gasteiger charge is 2.34. The van der Waals surface area contributed by atoms with E-state index < -0.39 is 35.7 Å². The van der Waals surface area contributed by atoms with Crippen molar-refractivity contribution >= 4 is 29.4 Å². The normalized spacial score (nSPS) is 20.1. The van der Waals surface area contributed by atoms with E-state index in [1.807, 2.05) is 0 Å². The van der Waals surface area contributed by atoms with Gasteiger partial charge in [0.25, 0.3) is 5.91 Å². The molecule has 0 bridgehead atoms. The molecule has 0 radical (unpaired) electrons. The van der Waals surface area contributed by atoms with E-state index in [4.69, 9.17) is 16.3 Å². The lowest BCUT2D eigenvalue weighted by atomic mass is 9.82. The van der Waals surface area contributed by atoms with Crippen molar-refractivity contribution in [3.63, 3.8) is 0 Å². The third kappa shape index (κ3) is 4.98. The first-order valence-corrected chi connectivity index (χ1v) is 8.57. The minimum Gasteiger partial charge on any atom is -0.481 e. The van der Waals surface area contributed by atoms with Crippen LogP contribution in [0.1, 0.15) is 25.3 Å². The zero-order valence-electron chi connectivity index (χ0n) is 14.5. The fourth-order valence-electron chi connectivity index (χ4n) is 2.68. The maximum Gasteiger partial charge on any atom is 0.307 e. The molecule has 1 aromatic carbocycles. The largest absolute Gasteiger partial charge is 0.481 e. The smallest absolute Gasteiger partial charge is 0.307 e. The van der Waals surface area contributed by atoms with E-state index in [0.717, 1.165) is 5.56 Å². The van der Waals surface area contributed by atoms with Crippen LogP contribution in [-0.2, 0) is 14.4 Å². The van der Waals surface area contributed by atoms with Crippen molar-refractivity contribution in [2.24, 2.45) is 11.8 Å². The molecule has 0 saturated carbocycles. The Morgan fingerprint density at radius 3 is 2.46 bits per heavy atom. The van der Waals surface area contributed by atoms with E-state index in [9.17, 15) is 19.5 Å². The zero-order valence-corrected chi connectivity index (χ0v) is 15.2. The first-order chi connectivity index (χ1) is 12.3. The van der Waals surface area contributed by atoms with Crippen molar-refractivity contribution in [1.82, 2.24) is 10.9 Å². The molecule has 3 atom stereocenters. The number of carbonyl (C=O) groups excluding carboxylic acids is 2. The van der Waals surface area contributed by atoms with E-state index in [-0.39, 0.29) is 6.42 Å². The summed E-state index contributed by atoms with van der Waals surface area (Å²) in [5.41, 5.74) is 5.35. The van der Waals surface area contributed by atoms with Crippen LogP contribution in [0.4, 0.5) is 0 Å². The number of halogens is 1. The Kier molecular flexibility index (Phi) is 6.63. The molecule has 3 N–H and O–H groups in total. The molecule has 0 aliphatic heterocycles. The van der Waals surface area contributed by atoms with Gasteiger partial charge in [0.05, 0.1) is 11.8 Å². The number of hydrogen-bond acceptors (Lipinski definition) is 4. The van der Waals surface area contributed by atoms with Crippen LogP contribution in [0.5, 0.6) is 5.75 Å². The van der Waals surface area contributed by atoms with Crippen molar-refractivity contribution in [3.05, 3.63) is 40.9 Å². The number of hydrogen-bond donors (Lipinski definition) is 3. The third-order valence-corrected chi connectivity index (χ3v) is 4.44. The Morgan fingerprint density at radius 2 is 1.85 bits per heavy atom. The van der Waals surface area contributed by atoms with Crippen LogP contribution >= 0.6 is 11.6 Å². The van der Waals surface area contributed by atoms with Crippen molar-refractivity contribution in [2.75, 3.05) is 0 Å². The molecule has 0 spiro atoms. The maximum atomic E-state index is 12.2. The van der Waals surface area contributed by atoms with Gasteiger partial charge in [-0.25, -0.2) is 0 Å². The Hall–Kier alpha value is -2.54. The standard InChI is InChI=1S/C18H21ClN2O5/c1-10-9-12(19)7-8-15(10)26-11(2)16(22)20-21-17(23)13-5-3-4-6-14(13)18(24)25/h3-4,7-9,11,13-14H,5-6H2,1-2H3,(H,20,22)(H,21,23)(H,24,25)/t11-,13-,14-/m1/s1. The lowest BCUT2D eigenvalue weighted by Gasteiger charge is -2.24. The summed E-state index contributed by atoms with van der Waals surface area (Å²) in [6.45, 7) is 3.34. The molecule has 2 amide bonds. The number of hydrazine groups is 1. The molecule has 2 rings (SSSR count). The van der Waals surface area contributed by atoms with Crippen LogP contribution in [0.2, 0.25) is 5.02 Å². The van der Waals surface area contributed by atoms with Crippen LogP contribution in [0.15, 0.2) is 30.4 Å². The topological polar surface area (TPSA) is 105 Å². The van der Waals surface area contributed by atoms with Gasteiger partial charge in [-0.05, 0) is 50.5 Å². The van der Waals surface area contributed by atoms with Gasteiger partial charge in [-0.2, -0.15) is 0 Å². The van der Waals surface area contributed by atoms with Gasteiger partial charge < -0.3 is 9.84 Å². The lowest BCUT2D eigenvalue weighted by Crippen LogP contribution is -2.50. The summed E-state index contributed by atoms with van der Waals surface area (Å²) in [7, 11) is 0. The summed E-state index contributed by atoms with van der Waals surface area (Å²) in [5.74, 6) is -3.15. The Morgan fingerprint density at radius 1 is 1.19 bits per heavy atom. The van der Waals surface area contributed by atoms with Crippen molar-refractivity contribution in [1.29, 1.82) is 0 Å². The summed E-state index contributed by atoms with van der Waals surface area (Å²) in [4.78, 5) is 35.6. The second kappa shape index (κ2) is 8.71.